The number of anilines is 1. The quantitative estimate of drug-likeness (QED) is 0.789. The fourth-order valence-corrected chi connectivity index (χ4v) is 2.31. The van der Waals surface area contributed by atoms with Gasteiger partial charge in [0, 0.05) is 16.7 Å². The van der Waals surface area contributed by atoms with Crippen molar-refractivity contribution >= 4 is 21.6 Å². The number of nitrogens with one attached hydrogen (secondary N) is 1. The van der Waals surface area contributed by atoms with Crippen molar-refractivity contribution in [2.24, 2.45) is 0 Å². The van der Waals surface area contributed by atoms with Crippen LogP contribution in [0, 0.1) is 6.92 Å². The average Bonchev–Trinajstić information content (AvgIpc) is 3.02. The summed E-state index contributed by atoms with van der Waals surface area (Å²) in [5.41, 5.74) is 4.36. The molecule has 0 saturated carbocycles. The maximum Gasteiger partial charge on any atom is 0.143 e. The zero-order valence-electron chi connectivity index (χ0n) is 11.5. The fraction of sp³-hybridized carbons (Fsp3) is 0.133. The number of halogens is 1. The van der Waals surface area contributed by atoms with Gasteiger partial charge in [-0.05, 0) is 52.7 Å². The second-order valence-corrected chi connectivity index (χ2v) is 5.65. The van der Waals surface area contributed by atoms with Crippen LogP contribution in [0.25, 0.3) is 5.69 Å². The number of tetrazole rings is 1. The Kier molecular flexibility index (Phi) is 3.96. The molecule has 0 atom stereocenters. The van der Waals surface area contributed by atoms with Crippen LogP contribution >= 0.6 is 15.9 Å². The summed E-state index contributed by atoms with van der Waals surface area (Å²) in [6, 6.07) is 14.4. The lowest BCUT2D eigenvalue weighted by atomic mass is 10.1. The zero-order valence-corrected chi connectivity index (χ0v) is 13.1. The van der Waals surface area contributed by atoms with Crippen molar-refractivity contribution in [3.05, 3.63) is 64.4 Å². The molecule has 3 rings (SSSR count). The van der Waals surface area contributed by atoms with E-state index in [1.807, 2.05) is 25.1 Å². The Hall–Kier alpha value is -2.21. The monoisotopic (exact) mass is 343 g/mol. The molecule has 0 unspecified atom stereocenters. The number of aryl methyl sites for hydroxylation is 1. The van der Waals surface area contributed by atoms with E-state index in [1.54, 1.807) is 11.0 Å². The van der Waals surface area contributed by atoms with E-state index in [0.717, 1.165) is 28.0 Å². The van der Waals surface area contributed by atoms with Crippen LogP contribution in [0.3, 0.4) is 0 Å². The number of rotatable bonds is 4. The molecular weight excluding hydrogens is 330 g/mol. The fourth-order valence-electron chi connectivity index (χ4n) is 2.04. The molecule has 106 valence electrons. The van der Waals surface area contributed by atoms with Gasteiger partial charge in [0.15, 0.2) is 0 Å². The minimum Gasteiger partial charge on any atom is -0.381 e. The van der Waals surface area contributed by atoms with E-state index in [9.17, 15) is 0 Å². The molecule has 0 fully saturated rings. The molecule has 1 N–H and O–H groups in total. The highest BCUT2D eigenvalue weighted by molar-refractivity contribution is 9.10. The Morgan fingerprint density at radius 1 is 1.14 bits per heavy atom. The standard InChI is InChI=1S/C15H14BrN5/c1-11-2-7-14(8-15(11)21-10-18-19-20-21)17-9-12-3-5-13(16)6-4-12/h2-8,10,17H,9H2,1H3. The molecule has 0 amide bonds. The SMILES string of the molecule is Cc1ccc(NCc2ccc(Br)cc2)cc1-n1cnnn1. The van der Waals surface area contributed by atoms with Gasteiger partial charge in [-0.3, -0.25) is 0 Å². The van der Waals surface area contributed by atoms with Crippen molar-refractivity contribution in [2.75, 3.05) is 5.32 Å². The number of hydrogen-bond acceptors (Lipinski definition) is 4. The molecule has 1 heterocycles. The van der Waals surface area contributed by atoms with Gasteiger partial charge in [0.25, 0.3) is 0 Å². The first-order valence-corrected chi connectivity index (χ1v) is 7.34. The number of aromatic nitrogens is 4. The van der Waals surface area contributed by atoms with Gasteiger partial charge in [-0.25, -0.2) is 4.68 Å². The highest BCUT2D eigenvalue weighted by atomic mass is 79.9. The molecule has 6 heteroatoms. The van der Waals surface area contributed by atoms with Gasteiger partial charge >= 0.3 is 0 Å². The van der Waals surface area contributed by atoms with Gasteiger partial charge in [0.2, 0.25) is 0 Å². The van der Waals surface area contributed by atoms with Gasteiger partial charge in [0.1, 0.15) is 6.33 Å². The van der Waals surface area contributed by atoms with Gasteiger partial charge in [-0.15, -0.1) is 5.10 Å². The molecule has 3 aromatic rings. The van der Waals surface area contributed by atoms with Crippen molar-refractivity contribution in [1.82, 2.24) is 20.2 Å². The van der Waals surface area contributed by atoms with Crippen molar-refractivity contribution in [3.8, 4) is 5.69 Å². The summed E-state index contributed by atoms with van der Waals surface area (Å²) in [5.74, 6) is 0. The normalized spacial score (nSPS) is 10.6. The highest BCUT2D eigenvalue weighted by Crippen LogP contribution is 2.19. The van der Waals surface area contributed by atoms with E-state index in [-0.39, 0.29) is 0 Å². The minimum absolute atomic E-state index is 0.769. The first-order valence-electron chi connectivity index (χ1n) is 6.55. The van der Waals surface area contributed by atoms with Crippen LogP contribution < -0.4 is 5.32 Å². The molecule has 0 radical (unpaired) electrons. The van der Waals surface area contributed by atoms with E-state index < -0.39 is 0 Å². The smallest absolute Gasteiger partial charge is 0.143 e. The third-order valence-corrected chi connectivity index (χ3v) is 3.74. The van der Waals surface area contributed by atoms with Crippen molar-refractivity contribution in [3.63, 3.8) is 0 Å². The molecule has 2 aromatic carbocycles. The predicted octanol–water partition coefficient (Wildman–Crippen LogP) is 3.35. The van der Waals surface area contributed by atoms with Crippen LogP contribution in [0.1, 0.15) is 11.1 Å². The summed E-state index contributed by atoms with van der Waals surface area (Å²) in [5, 5.41) is 14.7. The topological polar surface area (TPSA) is 55.6 Å². The number of hydrogen-bond donors (Lipinski definition) is 1. The zero-order chi connectivity index (χ0) is 14.7. The number of benzene rings is 2. The molecular formula is C15H14BrN5. The third kappa shape index (κ3) is 3.28. The lowest BCUT2D eigenvalue weighted by molar-refractivity contribution is 0.785. The van der Waals surface area contributed by atoms with Gasteiger partial charge < -0.3 is 5.32 Å². The van der Waals surface area contributed by atoms with Crippen LogP contribution in [0.15, 0.2) is 53.3 Å². The van der Waals surface area contributed by atoms with Crippen molar-refractivity contribution < 1.29 is 0 Å². The van der Waals surface area contributed by atoms with E-state index >= 15 is 0 Å². The van der Waals surface area contributed by atoms with Crippen LogP contribution in [-0.2, 0) is 6.54 Å². The molecule has 0 spiro atoms. The molecule has 0 bridgehead atoms. The second kappa shape index (κ2) is 6.05. The van der Waals surface area contributed by atoms with Crippen molar-refractivity contribution in [2.45, 2.75) is 13.5 Å². The van der Waals surface area contributed by atoms with E-state index in [2.05, 4.69) is 61.0 Å². The molecule has 5 nitrogen and oxygen atoms in total. The van der Waals surface area contributed by atoms with Crippen LogP contribution in [-0.4, -0.2) is 20.2 Å². The molecule has 0 aliphatic heterocycles. The Morgan fingerprint density at radius 3 is 2.67 bits per heavy atom. The predicted molar refractivity (Wildman–Crippen MR) is 85.4 cm³/mol. The van der Waals surface area contributed by atoms with Gasteiger partial charge in [0.05, 0.1) is 5.69 Å². The summed E-state index contributed by atoms with van der Waals surface area (Å²) >= 11 is 3.44. The lowest BCUT2D eigenvalue weighted by Gasteiger charge is -2.10. The largest absolute Gasteiger partial charge is 0.381 e. The molecule has 0 aliphatic rings. The van der Waals surface area contributed by atoms with Gasteiger partial charge in [-0.2, -0.15) is 0 Å². The first kappa shape index (κ1) is 13.8. The summed E-state index contributed by atoms with van der Waals surface area (Å²) in [4.78, 5) is 0. The van der Waals surface area contributed by atoms with E-state index in [4.69, 9.17) is 0 Å². The molecule has 21 heavy (non-hydrogen) atoms. The van der Waals surface area contributed by atoms with Crippen LogP contribution in [0.4, 0.5) is 5.69 Å². The average molecular weight is 344 g/mol. The first-order chi connectivity index (χ1) is 10.2. The second-order valence-electron chi connectivity index (χ2n) is 4.74. The maximum absolute atomic E-state index is 3.94. The Morgan fingerprint density at radius 2 is 1.95 bits per heavy atom. The molecule has 0 saturated heterocycles. The minimum atomic E-state index is 0.769. The van der Waals surface area contributed by atoms with Crippen LogP contribution in [0.5, 0.6) is 0 Å². The summed E-state index contributed by atoms with van der Waals surface area (Å²) in [6.45, 7) is 2.81. The molecule has 0 aliphatic carbocycles. The highest BCUT2D eigenvalue weighted by Gasteiger charge is 2.04. The summed E-state index contributed by atoms with van der Waals surface area (Å²) in [7, 11) is 0. The Labute approximate surface area is 131 Å². The Bertz CT molecular complexity index is 722. The summed E-state index contributed by atoms with van der Waals surface area (Å²) in [6.07, 6.45) is 1.60. The maximum atomic E-state index is 3.94. The van der Waals surface area contributed by atoms with Gasteiger partial charge in [-0.1, -0.05) is 34.1 Å². The molecule has 1 aromatic heterocycles. The number of nitrogens with zero attached hydrogens (tertiary/aromatic N) is 4. The summed E-state index contributed by atoms with van der Waals surface area (Å²) < 4.78 is 2.75. The van der Waals surface area contributed by atoms with E-state index in [1.165, 1.54) is 5.56 Å². The lowest BCUT2D eigenvalue weighted by Crippen LogP contribution is -2.03. The third-order valence-electron chi connectivity index (χ3n) is 3.21. The Balaban J connectivity index is 1.77. The van der Waals surface area contributed by atoms with Crippen molar-refractivity contribution in [1.29, 1.82) is 0 Å². The van der Waals surface area contributed by atoms with E-state index in [0.29, 0.717) is 0 Å². The van der Waals surface area contributed by atoms with Crippen LogP contribution in [0.2, 0.25) is 0 Å².